The Morgan fingerprint density at radius 3 is 2.44 bits per heavy atom. The second kappa shape index (κ2) is 3.92. The highest BCUT2D eigenvalue weighted by molar-refractivity contribution is 6.02. The van der Waals surface area contributed by atoms with Crippen LogP contribution >= 0.6 is 0 Å². The van der Waals surface area contributed by atoms with Crippen LogP contribution in [0.5, 0.6) is 0 Å². The molecule has 1 aliphatic heterocycles. The van der Waals surface area contributed by atoms with E-state index in [4.69, 9.17) is 0 Å². The lowest BCUT2D eigenvalue weighted by Crippen LogP contribution is -2.51. The highest BCUT2D eigenvalue weighted by Gasteiger charge is 2.22. The SMILES string of the molecule is Cc1ccc(N2CC(=O)NC(=O)C2)cc1F. The molecule has 4 nitrogen and oxygen atoms in total. The summed E-state index contributed by atoms with van der Waals surface area (Å²) in [6, 6.07) is 4.66. The zero-order valence-electron chi connectivity index (χ0n) is 8.79. The van der Waals surface area contributed by atoms with Gasteiger partial charge in [0.2, 0.25) is 11.8 Å². The number of carbonyl (C=O) groups excluding carboxylic acids is 2. The minimum Gasteiger partial charge on any atom is -0.353 e. The summed E-state index contributed by atoms with van der Waals surface area (Å²) >= 11 is 0. The average molecular weight is 222 g/mol. The van der Waals surface area contributed by atoms with Crippen LogP contribution in [-0.2, 0) is 9.59 Å². The van der Waals surface area contributed by atoms with E-state index in [0.29, 0.717) is 11.3 Å². The largest absolute Gasteiger partial charge is 0.353 e. The van der Waals surface area contributed by atoms with Crippen molar-refractivity contribution in [2.45, 2.75) is 6.92 Å². The first-order valence-electron chi connectivity index (χ1n) is 4.90. The fraction of sp³-hybridized carbons (Fsp3) is 0.273. The Labute approximate surface area is 92.0 Å². The van der Waals surface area contributed by atoms with Crippen LogP contribution in [0.4, 0.5) is 10.1 Å². The number of imide groups is 1. The number of piperazine rings is 1. The monoisotopic (exact) mass is 222 g/mol. The lowest BCUT2D eigenvalue weighted by Gasteiger charge is -2.27. The topological polar surface area (TPSA) is 49.4 Å². The standard InChI is InChI=1S/C11H11FN2O2/c1-7-2-3-8(4-9(7)12)14-5-10(15)13-11(16)6-14/h2-4H,5-6H2,1H3,(H,13,15,16). The highest BCUT2D eigenvalue weighted by atomic mass is 19.1. The van der Waals surface area contributed by atoms with Crippen molar-refractivity contribution in [1.82, 2.24) is 5.32 Å². The lowest BCUT2D eigenvalue weighted by atomic mass is 10.2. The lowest BCUT2D eigenvalue weighted by molar-refractivity contribution is -0.130. The third-order valence-corrected chi connectivity index (χ3v) is 2.47. The van der Waals surface area contributed by atoms with Crippen molar-refractivity contribution in [2.24, 2.45) is 0 Å². The van der Waals surface area contributed by atoms with Gasteiger partial charge in [0.15, 0.2) is 0 Å². The minimum absolute atomic E-state index is 0.0776. The molecule has 1 fully saturated rings. The van der Waals surface area contributed by atoms with E-state index in [0.717, 1.165) is 0 Å². The third-order valence-electron chi connectivity index (χ3n) is 2.47. The Morgan fingerprint density at radius 2 is 1.88 bits per heavy atom. The number of benzene rings is 1. The third kappa shape index (κ3) is 2.03. The number of aryl methyl sites for hydroxylation is 1. The van der Waals surface area contributed by atoms with E-state index in [9.17, 15) is 14.0 Å². The molecule has 1 heterocycles. The maximum absolute atomic E-state index is 13.3. The van der Waals surface area contributed by atoms with Crippen LogP contribution in [0.3, 0.4) is 0 Å². The van der Waals surface area contributed by atoms with Gasteiger partial charge in [0.25, 0.3) is 0 Å². The van der Waals surface area contributed by atoms with Crippen LogP contribution in [0.1, 0.15) is 5.56 Å². The van der Waals surface area contributed by atoms with E-state index in [-0.39, 0.29) is 30.7 Å². The maximum Gasteiger partial charge on any atom is 0.246 e. The van der Waals surface area contributed by atoms with Gasteiger partial charge < -0.3 is 4.90 Å². The van der Waals surface area contributed by atoms with Gasteiger partial charge in [-0.1, -0.05) is 6.07 Å². The molecule has 1 aliphatic rings. The Kier molecular flexibility index (Phi) is 2.60. The molecule has 2 amide bonds. The Morgan fingerprint density at radius 1 is 1.25 bits per heavy atom. The summed E-state index contributed by atoms with van der Waals surface area (Å²) in [6.45, 7) is 1.82. The fourth-order valence-corrected chi connectivity index (χ4v) is 1.60. The molecule has 1 saturated heterocycles. The number of anilines is 1. The summed E-state index contributed by atoms with van der Waals surface area (Å²) in [5, 5.41) is 2.19. The predicted octanol–water partition coefficient (Wildman–Crippen LogP) is 0.597. The van der Waals surface area contributed by atoms with Gasteiger partial charge in [-0.3, -0.25) is 14.9 Å². The van der Waals surface area contributed by atoms with E-state index < -0.39 is 0 Å². The number of halogens is 1. The normalized spacial score (nSPS) is 16.2. The number of hydrogen-bond donors (Lipinski definition) is 1. The van der Waals surface area contributed by atoms with Crippen LogP contribution in [0.15, 0.2) is 18.2 Å². The quantitative estimate of drug-likeness (QED) is 0.708. The van der Waals surface area contributed by atoms with Crippen molar-refractivity contribution < 1.29 is 14.0 Å². The fourth-order valence-electron chi connectivity index (χ4n) is 1.60. The highest BCUT2D eigenvalue weighted by Crippen LogP contribution is 2.18. The summed E-state index contributed by atoms with van der Waals surface area (Å²) in [7, 11) is 0. The van der Waals surface area contributed by atoms with Crippen LogP contribution in [0.25, 0.3) is 0 Å². The molecule has 0 saturated carbocycles. The molecule has 2 rings (SSSR count). The summed E-state index contributed by atoms with van der Waals surface area (Å²) in [5.74, 6) is -1.06. The number of hydrogen-bond acceptors (Lipinski definition) is 3. The maximum atomic E-state index is 13.3. The van der Waals surface area contributed by atoms with Gasteiger partial charge in [0.1, 0.15) is 5.82 Å². The van der Waals surface area contributed by atoms with Gasteiger partial charge >= 0.3 is 0 Å². The Balaban J connectivity index is 2.26. The Hall–Kier alpha value is -1.91. The molecule has 0 unspecified atom stereocenters. The number of amides is 2. The van der Waals surface area contributed by atoms with E-state index >= 15 is 0 Å². The molecule has 0 spiro atoms. The molecule has 16 heavy (non-hydrogen) atoms. The molecule has 0 bridgehead atoms. The molecule has 84 valence electrons. The zero-order chi connectivity index (χ0) is 11.7. The van der Waals surface area contributed by atoms with Crippen molar-refractivity contribution in [1.29, 1.82) is 0 Å². The Bertz CT molecular complexity index is 443. The average Bonchev–Trinajstić information content (AvgIpc) is 2.20. The van der Waals surface area contributed by atoms with Crippen molar-refractivity contribution in [3.05, 3.63) is 29.6 Å². The number of nitrogens with one attached hydrogen (secondary N) is 1. The van der Waals surface area contributed by atoms with Gasteiger partial charge in [-0.05, 0) is 24.6 Å². The van der Waals surface area contributed by atoms with Crippen LogP contribution in [0.2, 0.25) is 0 Å². The molecule has 0 radical (unpaired) electrons. The van der Waals surface area contributed by atoms with Crippen molar-refractivity contribution in [3.63, 3.8) is 0 Å². The summed E-state index contributed by atoms with van der Waals surface area (Å²) in [4.78, 5) is 23.8. The van der Waals surface area contributed by atoms with E-state index in [1.54, 1.807) is 24.0 Å². The zero-order valence-corrected chi connectivity index (χ0v) is 8.79. The van der Waals surface area contributed by atoms with Crippen molar-refractivity contribution in [2.75, 3.05) is 18.0 Å². The van der Waals surface area contributed by atoms with Gasteiger partial charge in [0, 0.05) is 5.69 Å². The summed E-state index contributed by atoms with van der Waals surface area (Å²) < 4.78 is 13.3. The molecular weight excluding hydrogens is 211 g/mol. The van der Waals surface area contributed by atoms with Crippen LogP contribution in [-0.4, -0.2) is 24.9 Å². The first-order valence-corrected chi connectivity index (χ1v) is 4.90. The van der Waals surface area contributed by atoms with Crippen LogP contribution < -0.4 is 10.2 Å². The van der Waals surface area contributed by atoms with Crippen LogP contribution in [0, 0.1) is 12.7 Å². The molecule has 1 aromatic carbocycles. The summed E-state index contributed by atoms with van der Waals surface area (Å²) in [6.07, 6.45) is 0. The summed E-state index contributed by atoms with van der Waals surface area (Å²) in [5.41, 5.74) is 1.09. The van der Waals surface area contributed by atoms with Gasteiger partial charge in [-0.2, -0.15) is 0 Å². The minimum atomic E-state index is -0.364. The molecule has 0 atom stereocenters. The first kappa shape index (κ1) is 10.6. The molecule has 1 aromatic rings. The van der Waals surface area contributed by atoms with Gasteiger partial charge in [0.05, 0.1) is 13.1 Å². The molecule has 5 heteroatoms. The molecule has 0 aromatic heterocycles. The number of nitrogens with zero attached hydrogens (tertiary/aromatic N) is 1. The van der Waals surface area contributed by atoms with Crippen molar-refractivity contribution >= 4 is 17.5 Å². The second-order valence-electron chi connectivity index (χ2n) is 3.76. The number of rotatable bonds is 1. The predicted molar refractivity (Wildman–Crippen MR) is 56.5 cm³/mol. The molecule has 1 N–H and O–H groups in total. The smallest absolute Gasteiger partial charge is 0.246 e. The van der Waals surface area contributed by atoms with E-state index in [1.807, 2.05) is 0 Å². The first-order chi connectivity index (χ1) is 7.56. The second-order valence-corrected chi connectivity index (χ2v) is 3.76. The van der Waals surface area contributed by atoms with Gasteiger partial charge in [-0.15, -0.1) is 0 Å². The van der Waals surface area contributed by atoms with Crippen molar-refractivity contribution in [3.8, 4) is 0 Å². The van der Waals surface area contributed by atoms with E-state index in [1.165, 1.54) is 6.07 Å². The van der Waals surface area contributed by atoms with Gasteiger partial charge in [-0.25, -0.2) is 4.39 Å². The van der Waals surface area contributed by atoms with E-state index in [2.05, 4.69) is 5.32 Å². The number of carbonyl (C=O) groups is 2. The molecule has 0 aliphatic carbocycles. The molecular formula is C11H11FN2O2.